The Kier molecular flexibility index (Phi) is 4.07. The second kappa shape index (κ2) is 5.41. The fourth-order valence-corrected chi connectivity index (χ4v) is 3.06. The van der Waals surface area contributed by atoms with E-state index in [1.807, 2.05) is 19.4 Å². The SMILES string of the molecule is CC1OC(C)C(C(O)CCc2cnn(C)c2)C1C. The molecule has 18 heavy (non-hydrogen) atoms. The van der Waals surface area contributed by atoms with E-state index in [4.69, 9.17) is 4.74 Å². The number of hydrogen-bond donors (Lipinski definition) is 1. The molecule has 1 aliphatic heterocycles. The van der Waals surface area contributed by atoms with Crippen molar-refractivity contribution in [1.82, 2.24) is 9.78 Å². The maximum Gasteiger partial charge on any atom is 0.0607 e. The van der Waals surface area contributed by atoms with Gasteiger partial charge in [0.15, 0.2) is 0 Å². The Morgan fingerprint density at radius 1 is 1.39 bits per heavy atom. The zero-order chi connectivity index (χ0) is 13.3. The third kappa shape index (κ3) is 2.75. The van der Waals surface area contributed by atoms with E-state index in [2.05, 4.69) is 25.9 Å². The first-order valence-electron chi connectivity index (χ1n) is 6.80. The number of nitrogens with zero attached hydrogens (tertiary/aromatic N) is 2. The standard InChI is InChI=1S/C14H24N2O2/c1-9-10(2)18-11(3)14(9)13(17)6-5-12-7-15-16(4)8-12/h7-11,13-14,17H,5-6H2,1-4H3. The minimum Gasteiger partial charge on any atom is -0.393 e. The smallest absolute Gasteiger partial charge is 0.0607 e. The molecular weight excluding hydrogens is 228 g/mol. The van der Waals surface area contributed by atoms with Gasteiger partial charge in [-0.2, -0.15) is 5.10 Å². The molecule has 4 heteroatoms. The quantitative estimate of drug-likeness (QED) is 0.888. The molecule has 0 aromatic carbocycles. The van der Waals surface area contributed by atoms with Crippen molar-refractivity contribution in [3.63, 3.8) is 0 Å². The lowest BCUT2D eigenvalue weighted by atomic mass is 9.83. The summed E-state index contributed by atoms with van der Waals surface area (Å²) in [6.07, 6.45) is 5.64. The molecule has 0 amide bonds. The van der Waals surface area contributed by atoms with Crippen LogP contribution in [-0.4, -0.2) is 33.2 Å². The van der Waals surface area contributed by atoms with Crippen molar-refractivity contribution in [2.45, 2.75) is 51.9 Å². The van der Waals surface area contributed by atoms with E-state index in [1.165, 1.54) is 5.56 Å². The molecule has 1 aromatic rings. The van der Waals surface area contributed by atoms with Gasteiger partial charge in [0.25, 0.3) is 0 Å². The van der Waals surface area contributed by atoms with Crippen LogP contribution in [0.5, 0.6) is 0 Å². The summed E-state index contributed by atoms with van der Waals surface area (Å²) >= 11 is 0. The summed E-state index contributed by atoms with van der Waals surface area (Å²) in [6, 6.07) is 0. The number of aliphatic hydroxyl groups excluding tert-OH is 1. The Bertz CT molecular complexity index is 391. The molecule has 1 saturated heterocycles. The Morgan fingerprint density at radius 2 is 2.11 bits per heavy atom. The average Bonchev–Trinajstić information content (AvgIpc) is 2.82. The fourth-order valence-electron chi connectivity index (χ4n) is 3.06. The van der Waals surface area contributed by atoms with E-state index in [1.54, 1.807) is 4.68 Å². The van der Waals surface area contributed by atoms with Crippen LogP contribution in [-0.2, 0) is 18.2 Å². The highest BCUT2D eigenvalue weighted by Crippen LogP contribution is 2.35. The van der Waals surface area contributed by atoms with Crippen molar-refractivity contribution in [3.8, 4) is 0 Å². The second-order valence-electron chi connectivity index (χ2n) is 5.61. The van der Waals surface area contributed by atoms with Gasteiger partial charge in [-0.1, -0.05) is 6.92 Å². The lowest BCUT2D eigenvalue weighted by molar-refractivity contribution is 0.0212. The van der Waals surface area contributed by atoms with Crippen LogP contribution in [0.15, 0.2) is 12.4 Å². The van der Waals surface area contributed by atoms with Crippen LogP contribution in [0.2, 0.25) is 0 Å². The maximum atomic E-state index is 10.4. The van der Waals surface area contributed by atoms with Gasteiger partial charge in [0.05, 0.1) is 24.5 Å². The summed E-state index contributed by atoms with van der Waals surface area (Å²) in [5, 5.41) is 14.5. The third-order valence-corrected chi connectivity index (χ3v) is 4.25. The monoisotopic (exact) mass is 252 g/mol. The first-order chi connectivity index (χ1) is 8.49. The highest BCUT2D eigenvalue weighted by atomic mass is 16.5. The van der Waals surface area contributed by atoms with Crippen LogP contribution in [0.4, 0.5) is 0 Å². The molecule has 1 aromatic heterocycles. The number of aryl methyl sites for hydroxylation is 2. The molecule has 0 bridgehead atoms. The summed E-state index contributed by atoms with van der Waals surface area (Å²) in [5.41, 5.74) is 1.18. The molecule has 102 valence electrons. The first kappa shape index (κ1) is 13.6. The van der Waals surface area contributed by atoms with Gasteiger partial charge < -0.3 is 9.84 Å². The van der Waals surface area contributed by atoms with Crippen molar-refractivity contribution in [2.75, 3.05) is 0 Å². The zero-order valence-corrected chi connectivity index (χ0v) is 11.7. The van der Waals surface area contributed by atoms with Gasteiger partial charge in [-0.3, -0.25) is 4.68 Å². The topological polar surface area (TPSA) is 47.3 Å². The molecule has 0 radical (unpaired) electrons. The molecule has 0 spiro atoms. The van der Waals surface area contributed by atoms with Gasteiger partial charge in [0.1, 0.15) is 0 Å². The fraction of sp³-hybridized carbons (Fsp3) is 0.786. The largest absolute Gasteiger partial charge is 0.393 e. The van der Waals surface area contributed by atoms with Crippen LogP contribution < -0.4 is 0 Å². The normalized spacial score (nSPS) is 33.8. The molecule has 4 nitrogen and oxygen atoms in total. The third-order valence-electron chi connectivity index (χ3n) is 4.25. The van der Waals surface area contributed by atoms with E-state index in [0.717, 1.165) is 12.8 Å². The predicted molar refractivity (Wildman–Crippen MR) is 70.2 cm³/mol. The minimum atomic E-state index is -0.292. The molecule has 1 fully saturated rings. The van der Waals surface area contributed by atoms with Crippen LogP contribution >= 0.6 is 0 Å². The van der Waals surface area contributed by atoms with E-state index in [0.29, 0.717) is 5.92 Å². The van der Waals surface area contributed by atoms with Crippen LogP contribution in [0.1, 0.15) is 32.8 Å². The number of hydrogen-bond acceptors (Lipinski definition) is 3. The number of aromatic nitrogens is 2. The van der Waals surface area contributed by atoms with Gasteiger partial charge in [-0.15, -0.1) is 0 Å². The van der Waals surface area contributed by atoms with Crippen LogP contribution in [0.25, 0.3) is 0 Å². The molecule has 0 aliphatic carbocycles. The summed E-state index contributed by atoms with van der Waals surface area (Å²) in [7, 11) is 1.91. The highest BCUT2D eigenvalue weighted by Gasteiger charge is 2.40. The molecule has 2 rings (SSSR count). The van der Waals surface area contributed by atoms with Gasteiger partial charge in [-0.05, 0) is 38.2 Å². The predicted octanol–water partition coefficient (Wildman–Crippen LogP) is 1.77. The van der Waals surface area contributed by atoms with Crippen molar-refractivity contribution < 1.29 is 9.84 Å². The molecule has 1 aliphatic rings. The van der Waals surface area contributed by atoms with Crippen molar-refractivity contribution >= 4 is 0 Å². The van der Waals surface area contributed by atoms with Gasteiger partial charge >= 0.3 is 0 Å². The summed E-state index contributed by atoms with van der Waals surface area (Å²) in [4.78, 5) is 0. The summed E-state index contributed by atoms with van der Waals surface area (Å²) < 4.78 is 7.59. The summed E-state index contributed by atoms with van der Waals surface area (Å²) in [5.74, 6) is 0.667. The molecule has 0 saturated carbocycles. The van der Waals surface area contributed by atoms with E-state index in [9.17, 15) is 5.11 Å². The Morgan fingerprint density at radius 3 is 2.61 bits per heavy atom. The van der Waals surface area contributed by atoms with Crippen molar-refractivity contribution in [1.29, 1.82) is 0 Å². The van der Waals surface area contributed by atoms with Crippen LogP contribution in [0, 0.1) is 11.8 Å². The highest BCUT2D eigenvalue weighted by molar-refractivity contribution is 5.04. The average molecular weight is 252 g/mol. The van der Waals surface area contributed by atoms with Crippen molar-refractivity contribution in [3.05, 3.63) is 18.0 Å². The van der Waals surface area contributed by atoms with E-state index >= 15 is 0 Å². The van der Waals surface area contributed by atoms with Gasteiger partial charge in [0.2, 0.25) is 0 Å². The first-order valence-corrected chi connectivity index (χ1v) is 6.80. The van der Waals surface area contributed by atoms with Gasteiger partial charge in [-0.25, -0.2) is 0 Å². The maximum absolute atomic E-state index is 10.4. The molecule has 5 unspecified atom stereocenters. The Balaban J connectivity index is 1.89. The molecule has 1 N–H and O–H groups in total. The Hall–Kier alpha value is -0.870. The molecular formula is C14H24N2O2. The Labute approximate surface area is 109 Å². The zero-order valence-electron chi connectivity index (χ0n) is 11.7. The molecule has 2 heterocycles. The van der Waals surface area contributed by atoms with Crippen LogP contribution in [0.3, 0.4) is 0 Å². The summed E-state index contributed by atoms with van der Waals surface area (Å²) in [6.45, 7) is 6.33. The number of rotatable bonds is 4. The lowest BCUT2D eigenvalue weighted by Crippen LogP contribution is -2.31. The number of aliphatic hydroxyl groups is 1. The lowest BCUT2D eigenvalue weighted by Gasteiger charge is -2.24. The molecule has 5 atom stereocenters. The minimum absolute atomic E-state index is 0.152. The number of ether oxygens (including phenoxy) is 1. The second-order valence-corrected chi connectivity index (χ2v) is 5.61. The van der Waals surface area contributed by atoms with Crippen molar-refractivity contribution in [2.24, 2.45) is 18.9 Å². The van der Waals surface area contributed by atoms with E-state index < -0.39 is 0 Å². The van der Waals surface area contributed by atoms with Gasteiger partial charge in [0, 0.05) is 19.2 Å². The van der Waals surface area contributed by atoms with E-state index in [-0.39, 0.29) is 24.2 Å².